The zero-order valence-corrected chi connectivity index (χ0v) is 9.42. The van der Waals surface area contributed by atoms with E-state index in [9.17, 15) is 9.18 Å². The highest BCUT2D eigenvalue weighted by Crippen LogP contribution is 2.43. The second kappa shape index (κ2) is 4.34. The van der Waals surface area contributed by atoms with E-state index in [1.807, 2.05) is 7.05 Å². The quantitative estimate of drug-likeness (QED) is 0.791. The number of carbonyl (C=O) groups excluding carboxylic acids is 1. The molecule has 1 aliphatic carbocycles. The highest BCUT2D eigenvalue weighted by molar-refractivity contribution is 6.01. The van der Waals surface area contributed by atoms with Gasteiger partial charge in [0.15, 0.2) is 5.78 Å². The molecule has 0 atom stereocenters. The van der Waals surface area contributed by atoms with Crippen molar-refractivity contribution in [1.29, 1.82) is 0 Å². The van der Waals surface area contributed by atoms with Gasteiger partial charge in [0.05, 0.1) is 0 Å². The number of halogens is 1. The molecule has 0 aromatic heterocycles. The van der Waals surface area contributed by atoms with Crippen molar-refractivity contribution in [2.45, 2.75) is 19.3 Å². The number of rotatable bonds is 4. The lowest BCUT2D eigenvalue weighted by molar-refractivity contribution is 0.0614. The van der Waals surface area contributed by atoms with Gasteiger partial charge in [0.2, 0.25) is 0 Å². The summed E-state index contributed by atoms with van der Waals surface area (Å²) in [5, 5.41) is 3.08. The van der Waals surface area contributed by atoms with Crippen molar-refractivity contribution in [3.63, 3.8) is 0 Å². The fourth-order valence-corrected chi connectivity index (χ4v) is 2.33. The number of nitrogens with one attached hydrogen (secondary N) is 1. The first-order valence-corrected chi connectivity index (χ1v) is 5.63. The van der Waals surface area contributed by atoms with E-state index in [1.165, 1.54) is 12.1 Å². The number of carbonyl (C=O) groups is 1. The minimum absolute atomic E-state index is 0.146. The van der Waals surface area contributed by atoms with Crippen LogP contribution in [0.25, 0.3) is 0 Å². The van der Waals surface area contributed by atoms with Crippen LogP contribution in [0, 0.1) is 11.2 Å². The molecule has 0 aliphatic heterocycles. The van der Waals surface area contributed by atoms with Crippen LogP contribution in [0.5, 0.6) is 0 Å². The van der Waals surface area contributed by atoms with Crippen LogP contribution in [0.2, 0.25) is 0 Å². The highest BCUT2D eigenvalue weighted by Gasteiger charge is 2.43. The van der Waals surface area contributed by atoms with Crippen LogP contribution in [-0.4, -0.2) is 19.4 Å². The van der Waals surface area contributed by atoms with Gasteiger partial charge in [-0.15, -0.1) is 0 Å². The predicted molar refractivity (Wildman–Crippen MR) is 60.9 cm³/mol. The summed E-state index contributed by atoms with van der Waals surface area (Å²) in [7, 11) is 1.86. The van der Waals surface area contributed by atoms with E-state index in [2.05, 4.69) is 5.32 Å². The first-order chi connectivity index (χ1) is 7.68. The molecule has 0 spiro atoms. The zero-order chi connectivity index (χ0) is 11.6. The van der Waals surface area contributed by atoms with Crippen LogP contribution in [-0.2, 0) is 0 Å². The van der Waals surface area contributed by atoms with Crippen LogP contribution >= 0.6 is 0 Å². The topological polar surface area (TPSA) is 29.1 Å². The molecular formula is C13H16FNO. The molecule has 0 radical (unpaired) electrons. The molecule has 0 unspecified atom stereocenters. The van der Waals surface area contributed by atoms with Gasteiger partial charge < -0.3 is 5.32 Å². The van der Waals surface area contributed by atoms with Crippen molar-refractivity contribution < 1.29 is 9.18 Å². The van der Waals surface area contributed by atoms with Gasteiger partial charge in [0, 0.05) is 17.5 Å². The van der Waals surface area contributed by atoms with E-state index in [0.717, 1.165) is 19.3 Å². The first kappa shape index (κ1) is 11.3. The van der Waals surface area contributed by atoms with Gasteiger partial charge in [-0.3, -0.25) is 4.79 Å². The lowest BCUT2D eigenvalue weighted by Gasteiger charge is -2.40. The van der Waals surface area contributed by atoms with Gasteiger partial charge in [0.25, 0.3) is 0 Å². The molecule has 1 aromatic rings. The summed E-state index contributed by atoms with van der Waals surface area (Å²) in [6, 6.07) is 5.85. The fraction of sp³-hybridized carbons (Fsp3) is 0.462. The average Bonchev–Trinajstić information content (AvgIpc) is 2.23. The summed E-state index contributed by atoms with van der Waals surface area (Å²) in [6.07, 6.45) is 2.97. The Balaban J connectivity index is 2.20. The third kappa shape index (κ3) is 1.87. The van der Waals surface area contributed by atoms with E-state index in [4.69, 9.17) is 0 Å². The minimum Gasteiger partial charge on any atom is -0.319 e. The third-order valence-electron chi connectivity index (χ3n) is 3.41. The Hall–Kier alpha value is -1.22. The molecule has 3 heteroatoms. The Bertz CT molecular complexity index is 381. The Morgan fingerprint density at radius 3 is 2.44 bits per heavy atom. The molecular weight excluding hydrogens is 205 g/mol. The monoisotopic (exact) mass is 221 g/mol. The van der Waals surface area contributed by atoms with E-state index in [1.54, 1.807) is 12.1 Å². The first-order valence-electron chi connectivity index (χ1n) is 5.63. The lowest BCUT2D eigenvalue weighted by atomic mass is 9.64. The van der Waals surface area contributed by atoms with Crippen molar-refractivity contribution in [3.8, 4) is 0 Å². The molecule has 0 heterocycles. The Labute approximate surface area is 94.9 Å². The van der Waals surface area contributed by atoms with Crippen molar-refractivity contribution in [1.82, 2.24) is 5.32 Å². The van der Waals surface area contributed by atoms with Crippen LogP contribution in [0.1, 0.15) is 29.6 Å². The summed E-state index contributed by atoms with van der Waals surface area (Å²) >= 11 is 0. The van der Waals surface area contributed by atoms with E-state index in [0.29, 0.717) is 12.1 Å². The summed E-state index contributed by atoms with van der Waals surface area (Å²) < 4.78 is 12.8. The van der Waals surface area contributed by atoms with Crippen LogP contribution in [0.3, 0.4) is 0 Å². The van der Waals surface area contributed by atoms with Crippen molar-refractivity contribution in [2.75, 3.05) is 13.6 Å². The van der Waals surface area contributed by atoms with E-state index >= 15 is 0 Å². The van der Waals surface area contributed by atoms with Gasteiger partial charge in [-0.2, -0.15) is 0 Å². The van der Waals surface area contributed by atoms with Crippen LogP contribution in [0.4, 0.5) is 4.39 Å². The molecule has 1 fully saturated rings. The maximum absolute atomic E-state index is 12.8. The normalized spacial score (nSPS) is 17.9. The SMILES string of the molecule is CNCC1(C(=O)c2ccc(F)cc2)CCC1. The molecule has 1 N–H and O–H groups in total. The van der Waals surface area contributed by atoms with Crippen LogP contribution < -0.4 is 5.32 Å². The summed E-state index contributed by atoms with van der Waals surface area (Å²) in [5.74, 6) is -0.152. The fourth-order valence-electron chi connectivity index (χ4n) is 2.33. The largest absolute Gasteiger partial charge is 0.319 e. The Morgan fingerprint density at radius 2 is 2.00 bits per heavy atom. The molecule has 2 nitrogen and oxygen atoms in total. The third-order valence-corrected chi connectivity index (χ3v) is 3.41. The second-order valence-corrected chi connectivity index (χ2v) is 4.50. The minimum atomic E-state index is -0.298. The summed E-state index contributed by atoms with van der Waals surface area (Å²) in [6.45, 7) is 0.712. The van der Waals surface area contributed by atoms with Crippen molar-refractivity contribution in [3.05, 3.63) is 35.6 Å². The lowest BCUT2D eigenvalue weighted by Crippen LogP contribution is -2.45. The van der Waals surface area contributed by atoms with Crippen molar-refractivity contribution in [2.24, 2.45) is 5.41 Å². The molecule has 2 rings (SSSR count). The maximum Gasteiger partial charge on any atom is 0.170 e. The smallest absolute Gasteiger partial charge is 0.170 e. The van der Waals surface area contributed by atoms with Gasteiger partial charge in [-0.25, -0.2) is 4.39 Å². The summed E-state index contributed by atoms with van der Waals surface area (Å²) in [5.41, 5.74) is 0.378. The number of hydrogen-bond donors (Lipinski definition) is 1. The van der Waals surface area contributed by atoms with Gasteiger partial charge in [0.1, 0.15) is 5.82 Å². The summed E-state index contributed by atoms with van der Waals surface area (Å²) in [4.78, 5) is 12.3. The molecule has 86 valence electrons. The molecule has 1 aromatic carbocycles. The maximum atomic E-state index is 12.8. The predicted octanol–water partition coefficient (Wildman–Crippen LogP) is 2.40. The molecule has 0 amide bonds. The standard InChI is InChI=1S/C13H16FNO/c1-15-9-13(7-2-8-13)12(16)10-3-5-11(14)6-4-10/h3-6,15H,2,7-9H2,1H3. The van der Waals surface area contributed by atoms with E-state index in [-0.39, 0.29) is 17.0 Å². The molecule has 1 saturated carbocycles. The molecule has 0 bridgehead atoms. The highest BCUT2D eigenvalue weighted by atomic mass is 19.1. The van der Waals surface area contributed by atoms with Gasteiger partial charge in [-0.05, 0) is 44.2 Å². The van der Waals surface area contributed by atoms with Crippen molar-refractivity contribution >= 4 is 5.78 Å². The number of Topliss-reactive ketones (excluding diaryl/α,β-unsaturated/α-hetero) is 1. The second-order valence-electron chi connectivity index (χ2n) is 4.50. The van der Waals surface area contributed by atoms with E-state index < -0.39 is 0 Å². The van der Waals surface area contributed by atoms with Crippen LogP contribution in [0.15, 0.2) is 24.3 Å². The molecule has 16 heavy (non-hydrogen) atoms. The molecule has 1 aliphatic rings. The Kier molecular flexibility index (Phi) is 3.06. The van der Waals surface area contributed by atoms with Gasteiger partial charge in [-0.1, -0.05) is 6.42 Å². The number of benzene rings is 1. The number of hydrogen-bond acceptors (Lipinski definition) is 2. The number of ketones is 1. The average molecular weight is 221 g/mol. The Morgan fingerprint density at radius 1 is 1.38 bits per heavy atom. The van der Waals surface area contributed by atoms with Gasteiger partial charge >= 0.3 is 0 Å². The molecule has 0 saturated heterocycles. The zero-order valence-electron chi connectivity index (χ0n) is 9.42.